The van der Waals surface area contributed by atoms with Crippen LogP contribution < -0.4 is 5.32 Å². The quantitative estimate of drug-likeness (QED) is 0.647. The largest absolute Gasteiger partial charge is 0.504 e. The average Bonchev–Trinajstić information content (AvgIpc) is 2.72. The minimum atomic E-state index is 0.0190. The third-order valence-corrected chi connectivity index (χ3v) is 3.07. The molecule has 0 radical (unpaired) electrons. The van der Waals surface area contributed by atoms with Crippen LogP contribution in [0.1, 0.15) is 24.0 Å². The molecule has 3 heteroatoms. The van der Waals surface area contributed by atoms with Crippen LogP contribution in [0, 0.1) is 6.92 Å². The molecule has 1 aromatic carbocycles. The van der Waals surface area contributed by atoms with Gasteiger partial charge in [-0.05, 0) is 43.9 Å². The van der Waals surface area contributed by atoms with Crippen LogP contribution in [-0.2, 0) is 6.42 Å². The van der Waals surface area contributed by atoms with Crippen LogP contribution in [-0.4, -0.2) is 22.8 Å². The molecule has 0 bridgehead atoms. The van der Waals surface area contributed by atoms with Crippen molar-refractivity contribution >= 4 is 0 Å². The summed E-state index contributed by atoms with van der Waals surface area (Å²) in [7, 11) is 0. The standard InChI is InChI=1S/C12H17NO2/c1-8-4-5-9(12(15)11(8)14)7-10-3-2-6-13-10/h4-5,10,13-15H,2-3,6-7H2,1H3. The highest BCUT2D eigenvalue weighted by Crippen LogP contribution is 2.33. The molecule has 0 aromatic heterocycles. The molecule has 1 aliphatic heterocycles. The van der Waals surface area contributed by atoms with Crippen LogP contribution in [0.25, 0.3) is 0 Å². The van der Waals surface area contributed by atoms with Gasteiger partial charge in [0.2, 0.25) is 0 Å². The first-order valence-corrected chi connectivity index (χ1v) is 5.42. The SMILES string of the molecule is Cc1ccc(CC2CCCN2)c(O)c1O. The third kappa shape index (κ3) is 2.07. The summed E-state index contributed by atoms with van der Waals surface area (Å²) in [5, 5.41) is 22.7. The molecule has 1 unspecified atom stereocenters. The van der Waals surface area contributed by atoms with E-state index in [9.17, 15) is 10.2 Å². The fourth-order valence-corrected chi connectivity index (χ4v) is 2.08. The van der Waals surface area contributed by atoms with E-state index in [1.54, 1.807) is 6.92 Å². The summed E-state index contributed by atoms with van der Waals surface area (Å²) in [6.07, 6.45) is 3.14. The second-order valence-corrected chi connectivity index (χ2v) is 4.24. The molecule has 1 saturated heterocycles. The highest BCUT2D eigenvalue weighted by Gasteiger charge is 2.17. The molecule has 1 aliphatic rings. The van der Waals surface area contributed by atoms with E-state index < -0.39 is 0 Å². The Bertz CT molecular complexity index is 357. The molecule has 3 nitrogen and oxygen atoms in total. The van der Waals surface area contributed by atoms with Crippen LogP contribution in [0.5, 0.6) is 11.5 Å². The molecule has 0 saturated carbocycles. The second-order valence-electron chi connectivity index (χ2n) is 4.24. The monoisotopic (exact) mass is 207 g/mol. The van der Waals surface area contributed by atoms with E-state index in [2.05, 4.69) is 5.32 Å². The molecule has 1 heterocycles. The van der Waals surface area contributed by atoms with Gasteiger partial charge in [0.1, 0.15) is 0 Å². The van der Waals surface area contributed by atoms with Crippen LogP contribution >= 0.6 is 0 Å². The molecule has 2 rings (SSSR count). The minimum absolute atomic E-state index is 0.0190. The predicted octanol–water partition coefficient (Wildman–Crippen LogP) is 1.70. The first-order valence-electron chi connectivity index (χ1n) is 5.42. The van der Waals surface area contributed by atoms with E-state index in [-0.39, 0.29) is 11.5 Å². The summed E-state index contributed by atoms with van der Waals surface area (Å²) in [4.78, 5) is 0. The summed E-state index contributed by atoms with van der Waals surface area (Å²) in [5.74, 6) is 0.0641. The zero-order valence-electron chi connectivity index (χ0n) is 8.95. The summed E-state index contributed by atoms with van der Waals surface area (Å²) in [5.41, 5.74) is 1.55. The predicted molar refractivity (Wildman–Crippen MR) is 59.2 cm³/mol. The van der Waals surface area contributed by atoms with E-state index in [4.69, 9.17) is 0 Å². The molecule has 15 heavy (non-hydrogen) atoms. The summed E-state index contributed by atoms with van der Waals surface area (Å²) in [6.45, 7) is 2.84. The highest BCUT2D eigenvalue weighted by atomic mass is 16.3. The second kappa shape index (κ2) is 4.11. The number of benzene rings is 1. The Hall–Kier alpha value is -1.22. The van der Waals surface area contributed by atoms with Crippen LogP contribution in [0.4, 0.5) is 0 Å². The summed E-state index contributed by atoms with van der Waals surface area (Å²) >= 11 is 0. The van der Waals surface area contributed by atoms with E-state index in [1.807, 2.05) is 12.1 Å². The number of aromatic hydroxyl groups is 2. The number of phenols is 2. The third-order valence-electron chi connectivity index (χ3n) is 3.07. The Labute approximate surface area is 89.8 Å². The summed E-state index contributed by atoms with van der Waals surface area (Å²) < 4.78 is 0. The summed E-state index contributed by atoms with van der Waals surface area (Å²) in [6, 6.07) is 4.18. The number of hydrogen-bond donors (Lipinski definition) is 3. The molecule has 1 aromatic rings. The van der Waals surface area contributed by atoms with E-state index >= 15 is 0 Å². The van der Waals surface area contributed by atoms with Gasteiger partial charge in [0.05, 0.1) is 0 Å². The zero-order valence-corrected chi connectivity index (χ0v) is 8.95. The number of nitrogens with one attached hydrogen (secondary N) is 1. The molecule has 82 valence electrons. The zero-order chi connectivity index (χ0) is 10.8. The van der Waals surface area contributed by atoms with E-state index in [0.717, 1.165) is 30.5 Å². The highest BCUT2D eigenvalue weighted by molar-refractivity contribution is 5.49. The van der Waals surface area contributed by atoms with Crippen molar-refractivity contribution in [3.8, 4) is 11.5 Å². The van der Waals surface area contributed by atoms with Gasteiger partial charge in [-0.2, -0.15) is 0 Å². The van der Waals surface area contributed by atoms with E-state index in [1.165, 1.54) is 6.42 Å². The van der Waals surface area contributed by atoms with Gasteiger partial charge in [-0.3, -0.25) is 0 Å². The number of rotatable bonds is 2. The maximum Gasteiger partial charge on any atom is 0.161 e. The van der Waals surface area contributed by atoms with Crippen molar-refractivity contribution < 1.29 is 10.2 Å². The lowest BCUT2D eigenvalue weighted by Crippen LogP contribution is -2.23. The first-order chi connectivity index (χ1) is 7.18. The molecule has 1 fully saturated rings. The van der Waals surface area contributed by atoms with Crippen LogP contribution in [0.15, 0.2) is 12.1 Å². The number of phenolic OH excluding ortho intramolecular Hbond substituents is 2. The van der Waals surface area contributed by atoms with Gasteiger partial charge in [-0.1, -0.05) is 12.1 Å². The van der Waals surface area contributed by atoms with Crippen molar-refractivity contribution in [1.29, 1.82) is 0 Å². The molecular formula is C12H17NO2. The Morgan fingerprint density at radius 1 is 1.33 bits per heavy atom. The minimum Gasteiger partial charge on any atom is -0.504 e. The van der Waals surface area contributed by atoms with Gasteiger partial charge >= 0.3 is 0 Å². The van der Waals surface area contributed by atoms with Gasteiger partial charge < -0.3 is 15.5 Å². The maximum atomic E-state index is 9.76. The van der Waals surface area contributed by atoms with E-state index in [0.29, 0.717) is 6.04 Å². The maximum absolute atomic E-state index is 9.76. The fraction of sp³-hybridized carbons (Fsp3) is 0.500. The van der Waals surface area contributed by atoms with Gasteiger partial charge in [-0.25, -0.2) is 0 Å². The normalized spacial score (nSPS) is 20.7. The van der Waals surface area contributed by atoms with Gasteiger partial charge in [-0.15, -0.1) is 0 Å². The van der Waals surface area contributed by atoms with Crippen LogP contribution in [0.2, 0.25) is 0 Å². The Balaban J connectivity index is 2.17. The Morgan fingerprint density at radius 2 is 2.13 bits per heavy atom. The van der Waals surface area contributed by atoms with Crippen molar-refractivity contribution in [3.05, 3.63) is 23.3 Å². The average molecular weight is 207 g/mol. The Morgan fingerprint density at radius 3 is 2.80 bits per heavy atom. The van der Waals surface area contributed by atoms with Crippen molar-refractivity contribution in [2.24, 2.45) is 0 Å². The topological polar surface area (TPSA) is 52.5 Å². The van der Waals surface area contributed by atoms with Crippen molar-refractivity contribution in [2.45, 2.75) is 32.2 Å². The van der Waals surface area contributed by atoms with Crippen molar-refractivity contribution in [1.82, 2.24) is 5.32 Å². The van der Waals surface area contributed by atoms with Crippen molar-refractivity contribution in [2.75, 3.05) is 6.54 Å². The Kier molecular flexibility index (Phi) is 2.82. The number of aryl methyl sites for hydroxylation is 1. The van der Waals surface area contributed by atoms with Gasteiger partial charge in [0, 0.05) is 6.04 Å². The lowest BCUT2D eigenvalue weighted by Gasteiger charge is -2.13. The lowest BCUT2D eigenvalue weighted by molar-refractivity contribution is 0.394. The van der Waals surface area contributed by atoms with Gasteiger partial charge in [0.25, 0.3) is 0 Å². The molecule has 0 aliphatic carbocycles. The van der Waals surface area contributed by atoms with Gasteiger partial charge in [0.15, 0.2) is 11.5 Å². The fourth-order valence-electron chi connectivity index (χ4n) is 2.08. The molecule has 0 spiro atoms. The molecular weight excluding hydrogens is 190 g/mol. The first kappa shape index (κ1) is 10.3. The lowest BCUT2D eigenvalue weighted by atomic mass is 10.0. The molecule has 1 atom stereocenters. The molecule has 0 amide bonds. The number of hydrogen-bond acceptors (Lipinski definition) is 3. The molecule has 3 N–H and O–H groups in total. The smallest absolute Gasteiger partial charge is 0.161 e. The van der Waals surface area contributed by atoms with Crippen LogP contribution in [0.3, 0.4) is 0 Å². The van der Waals surface area contributed by atoms with Crippen molar-refractivity contribution in [3.63, 3.8) is 0 Å².